The topological polar surface area (TPSA) is 52.7 Å². The summed E-state index contributed by atoms with van der Waals surface area (Å²) in [5, 5.41) is 9.25. The maximum atomic E-state index is 12.5. The van der Waals surface area contributed by atoms with Gasteiger partial charge in [-0.15, -0.1) is 6.42 Å². The molecule has 0 unspecified atom stereocenters. The lowest BCUT2D eigenvalue weighted by Gasteiger charge is -2.06. The maximum absolute atomic E-state index is 12.5. The molecule has 0 bridgehead atoms. The van der Waals surface area contributed by atoms with Gasteiger partial charge < -0.3 is 0 Å². The highest BCUT2D eigenvalue weighted by molar-refractivity contribution is 5.81. The summed E-state index contributed by atoms with van der Waals surface area (Å²) >= 11 is 0. The number of para-hydroxylation sites is 1. The molecule has 0 fully saturated rings. The predicted octanol–water partition coefficient (Wildman–Crippen LogP) is 1.52. The van der Waals surface area contributed by atoms with Crippen LogP contribution in [0.3, 0.4) is 0 Å². The van der Waals surface area contributed by atoms with Crippen LogP contribution in [0.5, 0.6) is 0 Å². The number of benzene rings is 1. The third-order valence-corrected chi connectivity index (χ3v) is 3.11. The third-order valence-electron chi connectivity index (χ3n) is 3.11. The van der Waals surface area contributed by atoms with E-state index in [1.807, 2.05) is 37.3 Å². The SMILES string of the molecule is C#CCn1nc(C)c2cnn(-c3ccccc3)c2c1=O. The number of fused-ring (bicyclic) bond motifs is 1. The van der Waals surface area contributed by atoms with Gasteiger partial charge in [0.1, 0.15) is 12.1 Å². The Kier molecular flexibility index (Phi) is 2.84. The Hall–Kier alpha value is -2.87. The summed E-state index contributed by atoms with van der Waals surface area (Å²) in [5.74, 6) is 2.44. The molecular weight excluding hydrogens is 252 g/mol. The lowest BCUT2D eigenvalue weighted by Crippen LogP contribution is -2.25. The molecular formula is C15H12N4O. The minimum atomic E-state index is -0.232. The zero-order chi connectivity index (χ0) is 14.1. The molecule has 2 aromatic heterocycles. The van der Waals surface area contributed by atoms with E-state index in [2.05, 4.69) is 16.1 Å². The van der Waals surface area contributed by atoms with Crippen molar-refractivity contribution in [1.82, 2.24) is 19.6 Å². The van der Waals surface area contributed by atoms with E-state index in [0.717, 1.165) is 16.8 Å². The van der Waals surface area contributed by atoms with Gasteiger partial charge in [-0.05, 0) is 19.1 Å². The minimum absolute atomic E-state index is 0.148. The van der Waals surface area contributed by atoms with Gasteiger partial charge in [0, 0.05) is 5.39 Å². The number of hydrogen-bond donors (Lipinski definition) is 0. The Morgan fingerprint density at radius 2 is 2.05 bits per heavy atom. The molecule has 0 aliphatic carbocycles. The number of terminal acetylenes is 1. The highest BCUT2D eigenvalue weighted by atomic mass is 16.1. The maximum Gasteiger partial charge on any atom is 0.294 e. The van der Waals surface area contributed by atoms with Crippen LogP contribution in [0.15, 0.2) is 41.3 Å². The van der Waals surface area contributed by atoms with Crippen LogP contribution in [0, 0.1) is 19.3 Å². The van der Waals surface area contributed by atoms with E-state index in [1.54, 1.807) is 10.9 Å². The largest absolute Gasteiger partial charge is 0.294 e. The van der Waals surface area contributed by atoms with Crippen molar-refractivity contribution in [1.29, 1.82) is 0 Å². The second-order valence-corrected chi connectivity index (χ2v) is 4.41. The van der Waals surface area contributed by atoms with Gasteiger partial charge in [0.15, 0.2) is 0 Å². The zero-order valence-electron chi connectivity index (χ0n) is 10.9. The molecule has 0 spiro atoms. The van der Waals surface area contributed by atoms with Crippen LogP contribution in [0.4, 0.5) is 0 Å². The van der Waals surface area contributed by atoms with E-state index in [0.29, 0.717) is 5.52 Å². The van der Waals surface area contributed by atoms with Crippen LogP contribution in [0.2, 0.25) is 0 Å². The van der Waals surface area contributed by atoms with Crippen LogP contribution in [-0.2, 0) is 6.54 Å². The molecule has 0 atom stereocenters. The van der Waals surface area contributed by atoms with Crippen molar-refractivity contribution in [2.75, 3.05) is 0 Å². The molecule has 1 aromatic carbocycles. The Bertz CT molecular complexity index is 869. The molecule has 0 radical (unpaired) electrons. The first-order valence-corrected chi connectivity index (χ1v) is 6.16. The van der Waals surface area contributed by atoms with Crippen molar-refractivity contribution in [3.05, 3.63) is 52.6 Å². The summed E-state index contributed by atoms with van der Waals surface area (Å²) in [6.07, 6.45) is 6.93. The van der Waals surface area contributed by atoms with Gasteiger partial charge in [-0.1, -0.05) is 24.1 Å². The monoisotopic (exact) mass is 264 g/mol. The van der Waals surface area contributed by atoms with Crippen molar-refractivity contribution in [3.8, 4) is 18.0 Å². The summed E-state index contributed by atoms with van der Waals surface area (Å²) in [6, 6.07) is 9.51. The lowest BCUT2D eigenvalue weighted by molar-refractivity contribution is 0.657. The van der Waals surface area contributed by atoms with Crippen LogP contribution < -0.4 is 5.56 Å². The zero-order valence-corrected chi connectivity index (χ0v) is 10.9. The molecule has 0 aliphatic heterocycles. The van der Waals surface area contributed by atoms with E-state index < -0.39 is 0 Å². The van der Waals surface area contributed by atoms with Gasteiger partial charge in [0.2, 0.25) is 0 Å². The average Bonchev–Trinajstić information content (AvgIpc) is 2.91. The van der Waals surface area contributed by atoms with E-state index in [-0.39, 0.29) is 12.1 Å². The Morgan fingerprint density at radius 3 is 2.75 bits per heavy atom. The van der Waals surface area contributed by atoms with Crippen molar-refractivity contribution >= 4 is 10.9 Å². The van der Waals surface area contributed by atoms with Crippen LogP contribution in [0.1, 0.15) is 5.69 Å². The van der Waals surface area contributed by atoms with E-state index in [4.69, 9.17) is 6.42 Å². The molecule has 5 nitrogen and oxygen atoms in total. The number of aryl methyl sites for hydroxylation is 1. The second-order valence-electron chi connectivity index (χ2n) is 4.41. The minimum Gasteiger partial charge on any atom is -0.265 e. The Labute approximate surface area is 115 Å². The highest BCUT2D eigenvalue weighted by Crippen LogP contribution is 2.16. The molecule has 0 N–H and O–H groups in total. The predicted molar refractivity (Wildman–Crippen MR) is 76.7 cm³/mol. The van der Waals surface area contributed by atoms with Crippen molar-refractivity contribution in [2.24, 2.45) is 0 Å². The average molecular weight is 264 g/mol. The number of rotatable bonds is 2. The van der Waals surface area contributed by atoms with Gasteiger partial charge in [-0.3, -0.25) is 4.79 Å². The quantitative estimate of drug-likeness (QED) is 0.659. The van der Waals surface area contributed by atoms with Gasteiger partial charge >= 0.3 is 0 Å². The molecule has 3 rings (SSSR count). The van der Waals surface area contributed by atoms with Crippen LogP contribution in [-0.4, -0.2) is 19.6 Å². The summed E-state index contributed by atoms with van der Waals surface area (Å²) < 4.78 is 2.91. The molecule has 98 valence electrons. The lowest BCUT2D eigenvalue weighted by atomic mass is 10.2. The summed E-state index contributed by atoms with van der Waals surface area (Å²) in [6.45, 7) is 1.99. The van der Waals surface area contributed by atoms with E-state index >= 15 is 0 Å². The molecule has 0 aliphatic rings. The standard InChI is InChI=1S/C15H12N4O/c1-3-9-18-15(20)14-13(11(2)17-18)10-16-19(14)12-7-5-4-6-8-12/h1,4-8,10H,9H2,2H3. The van der Waals surface area contributed by atoms with E-state index in [9.17, 15) is 4.79 Å². The Morgan fingerprint density at radius 1 is 1.30 bits per heavy atom. The molecule has 3 aromatic rings. The van der Waals surface area contributed by atoms with Gasteiger partial charge in [-0.25, -0.2) is 9.36 Å². The molecule has 0 amide bonds. The van der Waals surface area contributed by atoms with Gasteiger partial charge in [0.25, 0.3) is 5.56 Å². The third kappa shape index (κ3) is 1.79. The van der Waals surface area contributed by atoms with Crippen LogP contribution >= 0.6 is 0 Å². The molecule has 5 heteroatoms. The number of hydrogen-bond acceptors (Lipinski definition) is 3. The number of aromatic nitrogens is 4. The van der Waals surface area contributed by atoms with Gasteiger partial charge in [-0.2, -0.15) is 10.2 Å². The summed E-state index contributed by atoms with van der Waals surface area (Å²) in [4.78, 5) is 12.5. The van der Waals surface area contributed by atoms with Gasteiger partial charge in [0.05, 0.1) is 17.6 Å². The fraction of sp³-hybridized carbons (Fsp3) is 0.133. The van der Waals surface area contributed by atoms with Crippen LogP contribution in [0.25, 0.3) is 16.6 Å². The molecule has 2 heterocycles. The van der Waals surface area contributed by atoms with Crippen molar-refractivity contribution in [3.63, 3.8) is 0 Å². The first-order chi connectivity index (χ1) is 9.72. The normalized spacial score (nSPS) is 10.6. The molecule has 20 heavy (non-hydrogen) atoms. The smallest absolute Gasteiger partial charge is 0.265 e. The summed E-state index contributed by atoms with van der Waals surface area (Å²) in [5.41, 5.74) is 1.83. The number of nitrogens with zero attached hydrogens (tertiary/aromatic N) is 4. The fourth-order valence-corrected chi connectivity index (χ4v) is 2.18. The fourth-order valence-electron chi connectivity index (χ4n) is 2.18. The second kappa shape index (κ2) is 4.67. The van der Waals surface area contributed by atoms with Crippen molar-refractivity contribution in [2.45, 2.75) is 13.5 Å². The molecule has 0 saturated carbocycles. The van der Waals surface area contributed by atoms with E-state index in [1.165, 1.54) is 4.68 Å². The Balaban J connectivity index is 2.37. The first kappa shape index (κ1) is 12.2. The first-order valence-electron chi connectivity index (χ1n) is 6.16. The molecule has 0 saturated heterocycles. The van der Waals surface area contributed by atoms with Crippen molar-refractivity contribution < 1.29 is 0 Å². The highest BCUT2D eigenvalue weighted by Gasteiger charge is 2.14. The summed E-state index contributed by atoms with van der Waals surface area (Å²) in [7, 11) is 0.